The largest absolute Gasteiger partial charge is 0.383 e. The first-order chi connectivity index (χ1) is 11.1. The zero-order valence-corrected chi connectivity index (χ0v) is 15.7. The molecule has 0 aliphatic carbocycles. The van der Waals surface area contributed by atoms with Crippen LogP contribution in [0.4, 0.5) is 5.82 Å². The van der Waals surface area contributed by atoms with E-state index in [-0.39, 0.29) is 0 Å². The first-order valence-electron chi connectivity index (χ1n) is 7.73. The third-order valence-corrected chi connectivity index (χ3v) is 3.55. The second-order valence-corrected chi connectivity index (χ2v) is 6.07. The SMILES string of the molecule is CC.CN(C)/C=C(Br)\C=C(/C=O)Nc1ccc(C2CNC2)cn1. The number of anilines is 1. The number of hydrogen-bond donors (Lipinski definition) is 2. The summed E-state index contributed by atoms with van der Waals surface area (Å²) in [5.41, 5.74) is 1.68. The summed E-state index contributed by atoms with van der Waals surface area (Å²) in [4.78, 5) is 17.4. The number of pyridine rings is 1. The number of allylic oxidation sites excluding steroid dienone is 3. The van der Waals surface area contributed by atoms with Gasteiger partial charge in [0.2, 0.25) is 0 Å². The van der Waals surface area contributed by atoms with Crippen LogP contribution in [-0.2, 0) is 4.79 Å². The molecule has 0 atom stereocenters. The van der Waals surface area contributed by atoms with Crippen molar-refractivity contribution in [3.05, 3.63) is 46.3 Å². The molecule has 23 heavy (non-hydrogen) atoms. The molecule has 1 saturated heterocycles. The minimum absolute atomic E-state index is 0.450. The lowest BCUT2D eigenvalue weighted by Gasteiger charge is -2.27. The summed E-state index contributed by atoms with van der Waals surface area (Å²) < 4.78 is 0.805. The lowest BCUT2D eigenvalue weighted by Crippen LogP contribution is -2.39. The van der Waals surface area contributed by atoms with Crippen LogP contribution in [0.3, 0.4) is 0 Å². The Hall–Kier alpha value is -1.66. The van der Waals surface area contributed by atoms with E-state index in [0.717, 1.165) is 23.9 Å². The van der Waals surface area contributed by atoms with Gasteiger partial charge in [-0.15, -0.1) is 0 Å². The van der Waals surface area contributed by atoms with E-state index in [1.807, 2.05) is 57.4 Å². The smallest absolute Gasteiger partial charge is 0.166 e. The van der Waals surface area contributed by atoms with Gasteiger partial charge in [-0.2, -0.15) is 0 Å². The average Bonchev–Trinajstić information content (AvgIpc) is 2.48. The fourth-order valence-corrected chi connectivity index (χ4v) is 2.58. The highest BCUT2D eigenvalue weighted by molar-refractivity contribution is 9.11. The zero-order valence-electron chi connectivity index (χ0n) is 14.1. The van der Waals surface area contributed by atoms with E-state index in [1.54, 1.807) is 6.08 Å². The van der Waals surface area contributed by atoms with Crippen LogP contribution >= 0.6 is 15.9 Å². The Morgan fingerprint density at radius 2 is 2.09 bits per heavy atom. The molecule has 5 nitrogen and oxygen atoms in total. The molecule has 0 unspecified atom stereocenters. The molecule has 0 bridgehead atoms. The molecular weight excluding hydrogens is 356 g/mol. The maximum atomic E-state index is 11.1. The molecule has 2 N–H and O–H groups in total. The molecule has 1 aliphatic heterocycles. The average molecular weight is 381 g/mol. The number of carbonyl (C=O) groups excluding carboxylic acids is 1. The highest BCUT2D eigenvalue weighted by Crippen LogP contribution is 2.20. The van der Waals surface area contributed by atoms with Crippen LogP contribution in [0.25, 0.3) is 0 Å². The number of nitrogens with zero attached hydrogens (tertiary/aromatic N) is 2. The lowest BCUT2D eigenvalue weighted by molar-refractivity contribution is -0.104. The van der Waals surface area contributed by atoms with Gasteiger partial charge in [0, 0.05) is 50.0 Å². The highest BCUT2D eigenvalue weighted by Gasteiger charge is 2.18. The minimum atomic E-state index is 0.450. The van der Waals surface area contributed by atoms with Crippen LogP contribution < -0.4 is 10.6 Å². The number of halogens is 1. The molecule has 0 amide bonds. The molecule has 2 heterocycles. The zero-order chi connectivity index (χ0) is 17.2. The van der Waals surface area contributed by atoms with Gasteiger partial charge in [0.15, 0.2) is 6.29 Å². The van der Waals surface area contributed by atoms with E-state index in [0.29, 0.717) is 17.4 Å². The molecular formula is C17H25BrN4O. The van der Waals surface area contributed by atoms with Gasteiger partial charge in [-0.3, -0.25) is 4.79 Å². The maximum Gasteiger partial charge on any atom is 0.166 e. The lowest BCUT2D eigenvalue weighted by atomic mass is 9.95. The molecule has 0 radical (unpaired) electrons. The standard InChI is InChI=1S/C15H19BrN4O.C2H6/c1-20(2)9-13(16)5-14(10-21)19-15-4-3-11(8-18-15)12-6-17-7-12;1-2/h3-5,8-10,12,17H,6-7H2,1-2H3,(H,18,19);1-2H3/b13-9+,14-5+;. The summed E-state index contributed by atoms with van der Waals surface area (Å²) in [5.74, 6) is 1.22. The van der Waals surface area contributed by atoms with Crippen molar-refractivity contribution < 1.29 is 4.79 Å². The van der Waals surface area contributed by atoms with Gasteiger partial charge in [0.1, 0.15) is 5.82 Å². The molecule has 6 heteroatoms. The first-order valence-corrected chi connectivity index (χ1v) is 8.52. The van der Waals surface area contributed by atoms with Crippen molar-refractivity contribution in [3.63, 3.8) is 0 Å². The molecule has 1 aliphatic rings. The van der Waals surface area contributed by atoms with Crippen molar-refractivity contribution in [3.8, 4) is 0 Å². The van der Waals surface area contributed by atoms with Gasteiger partial charge in [-0.1, -0.05) is 19.9 Å². The van der Waals surface area contributed by atoms with Crippen LogP contribution in [0, 0.1) is 0 Å². The normalized spacial score (nSPS) is 15.2. The predicted octanol–water partition coefficient (Wildman–Crippen LogP) is 3.09. The summed E-state index contributed by atoms with van der Waals surface area (Å²) in [5, 5.41) is 6.25. The Morgan fingerprint density at radius 1 is 1.39 bits per heavy atom. The van der Waals surface area contributed by atoms with Crippen molar-refractivity contribution in [2.45, 2.75) is 19.8 Å². The summed E-state index contributed by atoms with van der Waals surface area (Å²) in [7, 11) is 3.83. The number of aromatic nitrogens is 1. The minimum Gasteiger partial charge on any atom is -0.383 e. The monoisotopic (exact) mass is 380 g/mol. The first kappa shape index (κ1) is 19.4. The Balaban J connectivity index is 0.00000127. The number of rotatable bonds is 6. The quantitative estimate of drug-likeness (QED) is 0.451. The Bertz CT molecular complexity index is 548. The van der Waals surface area contributed by atoms with Crippen LogP contribution in [-0.4, -0.2) is 43.4 Å². The maximum absolute atomic E-state index is 11.1. The number of carbonyl (C=O) groups is 1. The van der Waals surface area contributed by atoms with E-state index < -0.39 is 0 Å². The molecule has 1 aromatic rings. The summed E-state index contributed by atoms with van der Waals surface area (Å²) >= 11 is 3.40. The molecule has 0 saturated carbocycles. The van der Waals surface area contributed by atoms with Gasteiger partial charge in [0.25, 0.3) is 0 Å². The summed E-state index contributed by atoms with van der Waals surface area (Å²) in [6.45, 7) is 6.02. The van der Waals surface area contributed by atoms with Crippen LogP contribution in [0.5, 0.6) is 0 Å². The molecule has 2 rings (SSSR count). The third kappa shape index (κ3) is 6.54. The fourth-order valence-electron chi connectivity index (χ4n) is 1.93. The van der Waals surface area contributed by atoms with Crippen LogP contribution in [0.2, 0.25) is 0 Å². The van der Waals surface area contributed by atoms with E-state index in [9.17, 15) is 4.79 Å². The number of aldehydes is 1. The van der Waals surface area contributed by atoms with Gasteiger partial charge in [-0.25, -0.2) is 4.98 Å². The number of nitrogens with one attached hydrogen (secondary N) is 2. The molecule has 0 spiro atoms. The van der Waals surface area contributed by atoms with Gasteiger partial charge in [-0.05, 0) is 33.6 Å². The molecule has 126 valence electrons. The van der Waals surface area contributed by atoms with Crippen LogP contribution in [0.1, 0.15) is 25.3 Å². The van der Waals surface area contributed by atoms with Crippen molar-refractivity contribution >= 4 is 28.0 Å². The van der Waals surface area contributed by atoms with Gasteiger partial charge >= 0.3 is 0 Å². The summed E-state index contributed by atoms with van der Waals surface area (Å²) in [6.07, 6.45) is 6.22. The Morgan fingerprint density at radius 3 is 2.52 bits per heavy atom. The van der Waals surface area contributed by atoms with E-state index in [4.69, 9.17) is 0 Å². The second-order valence-electron chi connectivity index (χ2n) is 5.15. The number of hydrogen-bond acceptors (Lipinski definition) is 5. The van der Waals surface area contributed by atoms with Crippen molar-refractivity contribution in [1.82, 2.24) is 15.2 Å². The van der Waals surface area contributed by atoms with E-state index in [1.165, 1.54) is 5.56 Å². The highest BCUT2D eigenvalue weighted by atomic mass is 79.9. The van der Waals surface area contributed by atoms with E-state index in [2.05, 4.69) is 31.5 Å². The van der Waals surface area contributed by atoms with Crippen molar-refractivity contribution in [1.29, 1.82) is 0 Å². The molecule has 1 aromatic heterocycles. The Kier molecular flexibility index (Phi) is 8.58. The topological polar surface area (TPSA) is 57.3 Å². The van der Waals surface area contributed by atoms with Crippen molar-refractivity contribution in [2.75, 3.05) is 32.5 Å². The van der Waals surface area contributed by atoms with Crippen LogP contribution in [0.15, 0.2) is 40.8 Å². The van der Waals surface area contributed by atoms with E-state index >= 15 is 0 Å². The fraction of sp³-hybridized carbons (Fsp3) is 0.412. The molecule has 0 aromatic carbocycles. The Labute approximate surface area is 147 Å². The van der Waals surface area contributed by atoms with Crippen molar-refractivity contribution in [2.24, 2.45) is 0 Å². The van der Waals surface area contributed by atoms with Gasteiger partial charge in [0.05, 0.1) is 5.70 Å². The second kappa shape index (κ2) is 10.2. The van der Waals surface area contributed by atoms with Gasteiger partial charge < -0.3 is 15.5 Å². The third-order valence-electron chi connectivity index (χ3n) is 3.11. The molecule has 1 fully saturated rings. The predicted molar refractivity (Wildman–Crippen MR) is 99.7 cm³/mol. The summed E-state index contributed by atoms with van der Waals surface area (Å²) in [6, 6.07) is 3.95.